The van der Waals surface area contributed by atoms with Crippen molar-refractivity contribution in [1.29, 1.82) is 0 Å². The summed E-state index contributed by atoms with van der Waals surface area (Å²) < 4.78 is 51.1. The molecule has 0 fully saturated rings. The number of alkyl halides is 3. The number of aliphatic carboxylic acids is 1. The molecule has 3 nitrogen and oxygen atoms in total. The van der Waals surface area contributed by atoms with E-state index in [1.54, 1.807) is 0 Å². The van der Waals surface area contributed by atoms with E-state index in [0.29, 0.717) is 6.07 Å². The molecule has 1 unspecified atom stereocenters. The third-order valence-corrected chi connectivity index (χ3v) is 2.82. The van der Waals surface area contributed by atoms with Gasteiger partial charge in [0.15, 0.2) is 0 Å². The Hall–Kier alpha value is -1.63. The van der Waals surface area contributed by atoms with Gasteiger partial charge in [-0.2, -0.15) is 13.2 Å². The molecule has 0 aliphatic heterocycles. The quantitative estimate of drug-likeness (QED) is 0.848. The Bertz CT molecular complexity index is 488. The second kappa shape index (κ2) is 6.21. The van der Waals surface area contributed by atoms with Crippen LogP contribution in [0.5, 0.6) is 0 Å². The summed E-state index contributed by atoms with van der Waals surface area (Å²) >= 11 is 0. The predicted octanol–water partition coefficient (Wildman–Crippen LogP) is 3.00. The number of rotatable bonds is 5. The molecule has 0 aliphatic rings. The van der Waals surface area contributed by atoms with Crippen molar-refractivity contribution in [3.8, 4) is 0 Å². The zero-order valence-electron chi connectivity index (χ0n) is 11.0. The van der Waals surface area contributed by atoms with Crippen molar-refractivity contribution < 1.29 is 27.5 Å². The molecule has 1 rings (SSSR count). The zero-order chi connectivity index (χ0) is 15.5. The molecule has 1 atom stereocenters. The number of carbonyl (C=O) groups is 1. The fraction of sp³-hybridized carbons (Fsp3) is 0.462. The van der Waals surface area contributed by atoms with Gasteiger partial charge in [0, 0.05) is 18.7 Å². The van der Waals surface area contributed by atoms with E-state index in [9.17, 15) is 22.4 Å². The van der Waals surface area contributed by atoms with E-state index in [0.717, 1.165) is 12.1 Å². The average molecular weight is 293 g/mol. The number of hydrogen-bond acceptors (Lipinski definition) is 2. The predicted molar refractivity (Wildman–Crippen MR) is 64.5 cm³/mol. The molecule has 0 bridgehead atoms. The molecule has 0 amide bonds. The summed E-state index contributed by atoms with van der Waals surface area (Å²) in [6, 6.07) is 2.20. The smallest absolute Gasteiger partial charge is 0.416 e. The second-order valence-corrected chi connectivity index (χ2v) is 4.74. The molecule has 1 aromatic carbocycles. The Morgan fingerprint density at radius 3 is 2.50 bits per heavy atom. The van der Waals surface area contributed by atoms with Crippen molar-refractivity contribution in [3.63, 3.8) is 0 Å². The first kappa shape index (κ1) is 16.4. The van der Waals surface area contributed by atoms with Gasteiger partial charge in [0.2, 0.25) is 0 Å². The van der Waals surface area contributed by atoms with Crippen LogP contribution in [0.2, 0.25) is 0 Å². The normalized spacial score (nSPS) is 13.6. The van der Waals surface area contributed by atoms with E-state index in [1.807, 2.05) is 0 Å². The van der Waals surface area contributed by atoms with Gasteiger partial charge in [0.25, 0.3) is 0 Å². The first-order chi connectivity index (χ1) is 9.11. The van der Waals surface area contributed by atoms with Crippen LogP contribution in [0.3, 0.4) is 0 Å². The average Bonchev–Trinajstić information content (AvgIpc) is 2.30. The maximum absolute atomic E-state index is 13.5. The van der Waals surface area contributed by atoms with Gasteiger partial charge in [0.1, 0.15) is 5.82 Å². The van der Waals surface area contributed by atoms with Crippen LogP contribution in [0.15, 0.2) is 18.2 Å². The fourth-order valence-electron chi connectivity index (χ4n) is 1.77. The Balaban J connectivity index is 2.84. The Labute approximate surface area is 113 Å². The van der Waals surface area contributed by atoms with Crippen molar-refractivity contribution in [2.45, 2.75) is 19.6 Å². The molecule has 7 heteroatoms. The van der Waals surface area contributed by atoms with Crippen LogP contribution in [0.4, 0.5) is 17.6 Å². The van der Waals surface area contributed by atoms with Gasteiger partial charge in [-0.3, -0.25) is 4.79 Å². The maximum Gasteiger partial charge on any atom is 0.416 e. The number of halogens is 4. The van der Waals surface area contributed by atoms with E-state index < -0.39 is 29.4 Å². The van der Waals surface area contributed by atoms with Gasteiger partial charge in [-0.15, -0.1) is 0 Å². The van der Waals surface area contributed by atoms with Crippen molar-refractivity contribution in [3.05, 3.63) is 35.1 Å². The highest BCUT2D eigenvalue weighted by molar-refractivity contribution is 5.69. The highest BCUT2D eigenvalue weighted by Crippen LogP contribution is 2.30. The van der Waals surface area contributed by atoms with Gasteiger partial charge in [-0.25, -0.2) is 4.39 Å². The number of hydrogen-bond donors (Lipinski definition) is 1. The first-order valence-electron chi connectivity index (χ1n) is 5.88. The van der Waals surface area contributed by atoms with Gasteiger partial charge in [0.05, 0.1) is 11.5 Å². The van der Waals surface area contributed by atoms with Crippen LogP contribution >= 0.6 is 0 Å². The second-order valence-electron chi connectivity index (χ2n) is 4.74. The molecule has 0 aliphatic carbocycles. The molecule has 0 heterocycles. The molecule has 0 radical (unpaired) electrons. The Morgan fingerprint density at radius 1 is 1.40 bits per heavy atom. The third kappa shape index (κ3) is 4.48. The molecule has 1 aromatic rings. The first-order valence-corrected chi connectivity index (χ1v) is 5.88. The zero-order valence-corrected chi connectivity index (χ0v) is 11.0. The van der Waals surface area contributed by atoms with Crippen LogP contribution in [-0.4, -0.2) is 29.6 Å². The van der Waals surface area contributed by atoms with Crippen LogP contribution in [0, 0.1) is 11.7 Å². The summed E-state index contributed by atoms with van der Waals surface area (Å²) in [5, 5.41) is 8.75. The van der Waals surface area contributed by atoms with Crippen molar-refractivity contribution >= 4 is 5.97 Å². The summed E-state index contributed by atoms with van der Waals surface area (Å²) in [4.78, 5) is 12.2. The van der Waals surface area contributed by atoms with Crippen LogP contribution in [0.1, 0.15) is 18.1 Å². The molecule has 0 spiro atoms. The summed E-state index contributed by atoms with van der Waals surface area (Å²) in [7, 11) is 1.53. The van der Waals surface area contributed by atoms with Gasteiger partial charge < -0.3 is 10.0 Å². The Morgan fingerprint density at radius 2 is 2.00 bits per heavy atom. The number of benzene rings is 1. The van der Waals surface area contributed by atoms with E-state index in [4.69, 9.17) is 5.11 Å². The monoisotopic (exact) mass is 293 g/mol. The minimum absolute atomic E-state index is 0.0899. The molecular weight excluding hydrogens is 278 g/mol. The van der Waals surface area contributed by atoms with Crippen molar-refractivity contribution in [2.24, 2.45) is 5.92 Å². The summed E-state index contributed by atoms with van der Waals surface area (Å²) in [6.07, 6.45) is -4.53. The largest absolute Gasteiger partial charge is 0.481 e. The maximum atomic E-state index is 13.5. The highest BCUT2D eigenvalue weighted by Gasteiger charge is 2.31. The van der Waals surface area contributed by atoms with Crippen molar-refractivity contribution in [2.75, 3.05) is 13.6 Å². The number of carboxylic acid groups (broad SMARTS) is 1. The molecule has 0 saturated heterocycles. The van der Waals surface area contributed by atoms with E-state index in [1.165, 1.54) is 18.9 Å². The lowest BCUT2D eigenvalue weighted by molar-refractivity contribution is -0.141. The summed E-state index contributed by atoms with van der Waals surface area (Å²) in [5.74, 6) is -2.44. The lowest BCUT2D eigenvalue weighted by Gasteiger charge is -2.20. The van der Waals surface area contributed by atoms with Crippen LogP contribution < -0.4 is 0 Å². The van der Waals surface area contributed by atoms with Crippen LogP contribution in [0.25, 0.3) is 0 Å². The topological polar surface area (TPSA) is 40.5 Å². The SMILES string of the molecule is CC(CN(C)Cc1cc(C(F)(F)F)ccc1F)C(=O)O. The molecule has 112 valence electrons. The number of carboxylic acids is 1. The molecule has 0 saturated carbocycles. The molecule has 0 aromatic heterocycles. The lowest BCUT2D eigenvalue weighted by atomic mass is 10.1. The Kier molecular flexibility index (Phi) is 5.10. The highest BCUT2D eigenvalue weighted by atomic mass is 19.4. The van der Waals surface area contributed by atoms with E-state index in [2.05, 4.69) is 0 Å². The van der Waals surface area contributed by atoms with E-state index in [-0.39, 0.29) is 18.7 Å². The van der Waals surface area contributed by atoms with Gasteiger partial charge in [-0.05, 0) is 25.2 Å². The summed E-state index contributed by atoms with van der Waals surface area (Å²) in [5.41, 5.74) is -1.03. The van der Waals surface area contributed by atoms with E-state index >= 15 is 0 Å². The van der Waals surface area contributed by atoms with Crippen molar-refractivity contribution in [1.82, 2.24) is 4.90 Å². The third-order valence-electron chi connectivity index (χ3n) is 2.82. The summed E-state index contributed by atoms with van der Waals surface area (Å²) in [6.45, 7) is 1.50. The van der Waals surface area contributed by atoms with Gasteiger partial charge >= 0.3 is 12.1 Å². The lowest BCUT2D eigenvalue weighted by Crippen LogP contribution is -2.28. The molecule has 1 N–H and O–H groups in total. The minimum Gasteiger partial charge on any atom is -0.481 e. The fourth-order valence-corrected chi connectivity index (χ4v) is 1.77. The van der Waals surface area contributed by atoms with Gasteiger partial charge in [-0.1, -0.05) is 6.92 Å². The molecule has 20 heavy (non-hydrogen) atoms. The number of nitrogens with zero attached hydrogens (tertiary/aromatic N) is 1. The molecular formula is C13H15F4NO2. The van der Waals surface area contributed by atoms with Crippen LogP contribution in [-0.2, 0) is 17.5 Å². The standard InChI is InChI=1S/C13H15F4NO2/c1-8(12(19)20)6-18(2)7-9-5-10(13(15,16)17)3-4-11(9)14/h3-5,8H,6-7H2,1-2H3,(H,19,20). The minimum atomic E-state index is -4.53.